The van der Waals surface area contributed by atoms with Crippen molar-refractivity contribution >= 4 is 34.6 Å². The Balaban J connectivity index is 2.67. The van der Waals surface area contributed by atoms with E-state index in [-0.39, 0.29) is 11.4 Å². The van der Waals surface area contributed by atoms with Crippen LogP contribution in [0.25, 0.3) is 0 Å². The Morgan fingerprint density at radius 2 is 2.42 bits per heavy atom. The highest BCUT2D eigenvalue weighted by molar-refractivity contribution is 7.14. The summed E-state index contributed by atoms with van der Waals surface area (Å²) in [7, 11) is 0. The van der Waals surface area contributed by atoms with E-state index in [2.05, 4.69) is 22.4 Å². The predicted octanol–water partition coefficient (Wildman–Crippen LogP) is 1.71. The third-order valence-corrected chi connectivity index (χ3v) is 2.90. The average molecular weight is 285 g/mol. The summed E-state index contributed by atoms with van der Waals surface area (Å²) in [6, 6.07) is 0. The molecule has 0 aliphatic heterocycles. The minimum atomic E-state index is -1.22. The van der Waals surface area contributed by atoms with Gasteiger partial charge in [0.05, 0.1) is 0 Å². The number of unbranched alkanes of at least 4 members (excludes halogenated alkanes) is 2. The van der Waals surface area contributed by atoms with E-state index < -0.39 is 5.97 Å². The van der Waals surface area contributed by atoms with Crippen LogP contribution in [0, 0.1) is 0 Å². The van der Waals surface area contributed by atoms with Crippen molar-refractivity contribution in [1.82, 2.24) is 4.98 Å². The second-order valence-corrected chi connectivity index (χ2v) is 4.44. The molecule has 0 saturated carbocycles. The zero-order valence-corrected chi connectivity index (χ0v) is 11.3. The van der Waals surface area contributed by atoms with Gasteiger partial charge in [-0.1, -0.05) is 24.9 Å². The summed E-state index contributed by atoms with van der Waals surface area (Å²) >= 11 is 1.11. The summed E-state index contributed by atoms with van der Waals surface area (Å²) in [4.78, 5) is 30.2. The molecule has 0 fully saturated rings. The standard InChI is InChI=1S/C11H15N3O4S/c1-2-3-4-5-18-14-9(10(16)17)8-6-19-11(13-8)12-7-15/h6-7H,2-5H2,1H3,(H,16,17)(H,12,13,15). The average Bonchev–Trinajstić information content (AvgIpc) is 2.82. The molecule has 1 heterocycles. The lowest BCUT2D eigenvalue weighted by Gasteiger charge is -2.00. The van der Waals surface area contributed by atoms with Crippen LogP contribution in [0.1, 0.15) is 31.9 Å². The Hall–Kier alpha value is -1.96. The smallest absolute Gasteiger partial charge is 0.360 e. The van der Waals surface area contributed by atoms with Crippen molar-refractivity contribution in [2.24, 2.45) is 5.16 Å². The van der Waals surface area contributed by atoms with Crippen molar-refractivity contribution in [3.8, 4) is 0 Å². The first-order valence-corrected chi connectivity index (χ1v) is 6.66. The summed E-state index contributed by atoms with van der Waals surface area (Å²) in [5.41, 5.74) is -0.107. The third kappa shape index (κ3) is 5.04. The van der Waals surface area contributed by atoms with Crippen molar-refractivity contribution in [2.45, 2.75) is 26.2 Å². The van der Waals surface area contributed by atoms with Crippen LogP contribution in [0.3, 0.4) is 0 Å². The number of carbonyl (C=O) groups excluding carboxylic acids is 1. The van der Waals surface area contributed by atoms with Gasteiger partial charge in [-0.2, -0.15) is 0 Å². The molecule has 2 N–H and O–H groups in total. The lowest BCUT2D eigenvalue weighted by Crippen LogP contribution is -2.16. The van der Waals surface area contributed by atoms with E-state index in [1.54, 1.807) is 0 Å². The quantitative estimate of drug-likeness (QED) is 0.311. The maximum atomic E-state index is 11.1. The third-order valence-electron chi connectivity index (χ3n) is 2.13. The summed E-state index contributed by atoms with van der Waals surface area (Å²) in [5.74, 6) is -1.22. The number of rotatable bonds is 9. The van der Waals surface area contributed by atoms with Crippen LogP contribution in [-0.2, 0) is 14.4 Å². The summed E-state index contributed by atoms with van der Waals surface area (Å²) in [6.07, 6.45) is 3.34. The van der Waals surface area contributed by atoms with Crippen molar-refractivity contribution in [3.63, 3.8) is 0 Å². The van der Waals surface area contributed by atoms with Gasteiger partial charge in [0.25, 0.3) is 0 Å². The van der Waals surface area contributed by atoms with Crippen LogP contribution in [0.5, 0.6) is 0 Å². The second kappa shape index (κ2) is 8.20. The minimum Gasteiger partial charge on any atom is -0.476 e. The number of carboxylic acid groups (broad SMARTS) is 1. The fraction of sp³-hybridized carbons (Fsp3) is 0.455. The molecule has 0 radical (unpaired) electrons. The van der Waals surface area contributed by atoms with Gasteiger partial charge in [0.2, 0.25) is 12.1 Å². The maximum absolute atomic E-state index is 11.1. The number of aliphatic carboxylic acids is 1. The Kier molecular flexibility index (Phi) is 6.51. The van der Waals surface area contributed by atoms with Crippen LogP contribution < -0.4 is 5.32 Å². The number of hydrogen-bond donors (Lipinski definition) is 2. The number of carbonyl (C=O) groups is 2. The number of aromatic nitrogens is 1. The van der Waals surface area contributed by atoms with Gasteiger partial charge in [-0.05, 0) is 6.42 Å². The molecule has 0 bridgehead atoms. The topological polar surface area (TPSA) is 101 Å². The van der Waals surface area contributed by atoms with Crippen LogP contribution in [-0.4, -0.2) is 34.8 Å². The van der Waals surface area contributed by atoms with Gasteiger partial charge in [-0.25, -0.2) is 9.78 Å². The van der Waals surface area contributed by atoms with E-state index in [4.69, 9.17) is 9.94 Å². The molecule has 0 unspecified atom stereocenters. The molecule has 0 saturated heterocycles. The highest BCUT2D eigenvalue weighted by atomic mass is 32.1. The molecule has 104 valence electrons. The van der Waals surface area contributed by atoms with Gasteiger partial charge in [-0.3, -0.25) is 4.79 Å². The number of hydrogen-bond acceptors (Lipinski definition) is 6. The van der Waals surface area contributed by atoms with E-state index in [1.807, 2.05) is 0 Å². The number of carboxylic acids is 1. The molecule has 1 aromatic rings. The molecule has 0 atom stereocenters. The number of oxime groups is 1. The van der Waals surface area contributed by atoms with E-state index in [9.17, 15) is 9.59 Å². The molecular weight excluding hydrogens is 270 g/mol. The van der Waals surface area contributed by atoms with Gasteiger partial charge in [-0.15, -0.1) is 11.3 Å². The highest BCUT2D eigenvalue weighted by Crippen LogP contribution is 2.15. The monoisotopic (exact) mass is 285 g/mol. The Labute approximate surface area is 114 Å². The number of thiazole rings is 1. The number of anilines is 1. The molecule has 0 aliphatic rings. The van der Waals surface area contributed by atoms with Gasteiger partial charge in [0, 0.05) is 5.38 Å². The van der Waals surface area contributed by atoms with Crippen molar-refractivity contribution in [3.05, 3.63) is 11.1 Å². The van der Waals surface area contributed by atoms with E-state index in [1.165, 1.54) is 5.38 Å². The molecule has 19 heavy (non-hydrogen) atoms. The van der Waals surface area contributed by atoms with E-state index in [0.29, 0.717) is 18.1 Å². The van der Waals surface area contributed by atoms with Crippen molar-refractivity contribution < 1.29 is 19.5 Å². The Morgan fingerprint density at radius 3 is 3.05 bits per heavy atom. The zero-order chi connectivity index (χ0) is 14.1. The Morgan fingerprint density at radius 1 is 1.63 bits per heavy atom. The molecule has 0 spiro atoms. The minimum absolute atomic E-state index is 0.164. The first-order valence-electron chi connectivity index (χ1n) is 5.78. The maximum Gasteiger partial charge on any atom is 0.360 e. The normalized spacial score (nSPS) is 11.1. The highest BCUT2D eigenvalue weighted by Gasteiger charge is 2.17. The number of nitrogens with one attached hydrogen (secondary N) is 1. The molecule has 1 amide bonds. The van der Waals surface area contributed by atoms with Crippen molar-refractivity contribution in [2.75, 3.05) is 11.9 Å². The van der Waals surface area contributed by atoms with Crippen LogP contribution in [0.2, 0.25) is 0 Å². The summed E-state index contributed by atoms with van der Waals surface area (Å²) in [5, 5.41) is 16.8. The molecule has 0 aromatic carbocycles. The molecule has 7 nitrogen and oxygen atoms in total. The first-order chi connectivity index (χ1) is 9.19. The van der Waals surface area contributed by atoms with Gasteiger partial charge in [0.15, 0.2) is 5.13 Å². The Bertz CT molecular complexity index is 459. The molecule has 8 heteroatoms. The lowest BCUT2D eigenvalue weighted by atomic mass is 10.3. The first kappa shape index (κ1) is 15.1. The van der Waals surface area contributed by atoms with Crippen molar-refractivity contribution in [1.29, 1.82) is 0 Å². The SMILES string of the molecule is CCCCCON=C(C(=O)O)c1csc(NC=O)n1. The summed E-state index contributed by atoms with van der Waals surface area (Å²) < 4.78 is 0. The number of nitrogens with zero attached hydrogens (tertiary/aromatic N) is 2. The zero-order valence-electron chi connectivity index (χ0n) is 10.5. The van der Waals surface area contributed by atoms with Crippen LogP contribution >= 0.6 is 11.3 Å². The van der Waals surface area contributed by atoms with Gasteiger partial charge in [0.1, 0.15) is 12.3 Å². The van der Waals surface area contributed by atoms with Crippen LogP contribution in [0.4, 0.5) is 5.13 Å². The molecule has 0 aliphatic carbocycles. The largest absolute Gasteiger partial charge is 0.476 e. The van der Waals surface area contributed by atoms with Gasteiger partial charge < -0.3 is 15.3 Å². The summed E-state index contributed by atoms with van der Waals surface area (Å²) in [6.45, 7) is 2.43. The van der Waals surface area contributed by atoms with Gasteiger partial charge >= 0.3 is 5.97 Å². The fourth-order valence-electron chi connectivity index (χ4n) is 1.22. The molecule has 1 rings (SSSR count). The molecular formula is C11H15N3O4S. The fourth-order valence-corrected chi connectivity index (χ4v) is 1.88. The second-order valence-electron chi connectivity index (χ2n) is 3.59. The van der Waals surface area contributed by atoms with E-state index in [0.717, 1.165) is 30.6 Å². The lowest BCUT2D eigenvalue weighted by molar-refractivity contribution is -0.129. The number of amides is 1. The van der Waals surface area contributed by atoms with E-state index >= 15 is 0 Å². The van der Waals surface area contributed by atoms with Crippen LogP contribution in [0.15, 0.2) is 10.5 Å². The molecule has 1 aromatic heterocycles. The predicted molar refractivity (Wildman–Crippen MR) is 71.5 cm³/mol.